The zero-order chi connectivity index (χ0) is 13.0. The van der Waals surface area contributed by atoms with Gasteiger partial charge in [0.25, 0.3) is 0 Å². The van der Waals surface area contributed by atoms with Gasteiger partial charge in [0.15, 0.2) is 0 Å². The van der Waals surface area contributed by atoms with Crippen molar-refractivity contribution in [3.8, 4) is 17.6 Å². The van der Waals surface area contributed by atoms with Crippen LogP contribution in [0.4, 0.5) is 0 Å². The molecule has 2 rings (SSSR count). The van der Waals surface area contributed by atoms with Crippen molar-refractivity contribution in [2.45, 2.75) is 0 Å². The van der Waals surface area contributed by atoms with Gasteiger partial charge in [0, 0.05) is 5.02 Å². The maximum absolute atomic E-state index is 5.97. The molecule has 4 nitrogen and oxygen atoms in total. The highest BCUT2D eigenvalue weighted by molar-refractivity contribution is 6.35. The highest BCUT2D eigenvalue weighted by Crippen LogP contribution is 2.30. The molecule has 0 unspecified atom stereocenters. The van der Waals surface area contributed by atoms with E-state index in [4.69, 9.17) is 32.7 Å². The van der Waals surface area contributed by atoms with Crippen molar-refractivity contribution in [3.63, 3.8) is 0 Å². The molecular weight excluding hydrogens is 275 g/mol. The Kier molecular flexibility index (Phi) is 4.12. The van der Waals surface area contributed by atoms with Gasteiger partial charge < -0.3 is 9.47 Å². The molecule has 0 aliphatic rings. The van der Waals surface area contributed by atoms with Crippen LogP contribution in [0.25, 0.3) is 0 Å². The van der Waals surface area contributed by atoms with Crippen molar-refractivity contribution < 1.29 is 9.47 Å². The van der Waals surface area contributed by atoms with E-state index in [0.29, 0.717) is 34.3 Å². The number of H-pyrrole nitrogens is 1. The second kappa shape index (κ2) is 5.80. The lowest BCUT2D eigenvalue weighted by atomic mass is 10.3. The van der Waals surface area contributed by atoms with Crippen LogP contribution in [0, 0.1) is 0 Å². The van der Waals surface area contributed by atoms with E-state index in [2.05, 4.69) is 16.5 Å². The summed E-state index contributed by atoms with van der Waals surface area (Å²) in [6.07, 6.45) is 3.15. The minimum Gasteiger partial charge on any atom is -0.474 e. The van der Waals surface area contributed by atoms with Gasteiger partial charge in [-0.3, -0.25) is 4.98 Å². The number of rotatable bonds is 5. The van der Waals surface area contributed by atoms with E-state index in [9.17, 15) is 0 Å². The molecule has 0 aliphatic carbocycles. The van der Waals surface area contributed by atoms with Crippen LogP contribution < -0.4 is 9.47 Å². The summed E-state index contributed by atoms with van der Waals surface area (Å²) in [5, 5.41) is 0.953. The Balaban J connectivity index is 2.08. The number of halogens is 2. The Morgan fingerprint density at radius 2 is 2.22 bits per heavy atom. The van der Waals surface area contributed by atoms with Gasteiger partial charge in [-0.2, -0.15) is 4.98 Å². The van der Waals surface area contributed by atoms with Gasteiger partial charge in [0.05, 0.1) is 11.2 Å². The number of nitrogens with one attached hydrogen (secondary N) is 1. The van der Waals surface area contributed by atoms with Crippen molar-refractivity contribution in [1.29, 1.82) is 0 Å². The molecule has 0 aliphatic heterocycles. The molecule has 0 fully saturated rings. The third-order valence-electron chi connectivity index (χ3n) is 1.99. The van der Waals surface area contributed by atoms with Crippen LogP contribution in [-0.4, -0.2) is 16.6 Å². The van der Waals surface area contributed by atoms with E-state index in [1.54, 1.807) is 24.3 Å². The number of ether oxygens (including phenoxy) is 2. The van der Waals surface area contributed by atoms with Gasteiger partial charge in [-0.25, -0.2) is 0 Å². The number of imidazole rings is 1. The van der Waals surface area contributed by atoms with Crippen molar-refractivity contribution in [1.82, 2.24) is 9.97 Å². The zero-order valence-corrected chi connectivity index (χ0v) is 10.8. The fraction of sp³-hybridized carbons (Fsp3) is 0.0833. The van der Waals surface area contributed by atoms with Crippen LogP contribution in [0.2, 0.25) is 10.0 Å². The Hall–Kier alpha value is -1.65. The molecule has 0 radical (unpaired) electrons. The fourth-order valence-corrected chi connectivity index (χ4v) is 1.67. The molecule has 1 aromatic heterocycles. The lowest BCUT2D eigenvalue weighted by molar-refractivity contribution is 0.346. The van der Waals surface area contributed by atoms with E-state index in [-0.39, 0.29) is 0 Å². The molecule has 0 atom stereocenters. The van der Waals surface area contributed by atoms with Gasteiger partial charge >= 0.3 is 6.01 Å². The van der Waals surface area contributed by atoms with Crippen molar-refractivity contribution >= 4 is 23.2 Å². The molecule has 0 spiro atoms. The SMILES string of the molecule is C=CCOc1cnc(Oc2ccc(Cl)cc2Cl)[nH]1. The number of benzene rings is 1. The molecule has 0 saturated carbocycles. The standard InChI is InChI=1S/C12H10Cl2N2O2/c1-2-5-17-11-7-15-12(16-11)18-10-4-3-8(13)6-9(10)14/h2-4,6-7H,1,5H2,(H,15,16). The lowest BCUT2D eigenvalue weighted by Gasteiger charge is -2.04. The van der Waals surface area contributed by atoms with E-state index >= 15 is 0 Å². The van der Waals surface area contributed by atoms with E-state index in [1.807, 2.05) is 0 Å². The average molecular weight is 285 g/mol. The molecule has 0 saturated heterocycles. The summed E-state index contributed by atoms with van der Waals surface area (Å²) in [6, 6.07) is 5.23. The Morgan fingerprint density at radius 1 is 1.39 bits per heavy atom. The lowest BCUT2D eigenvalue weighted by Crippen LogP contribution is -1.92. The largest absolute Gasteiger partial charge is 0.474 e. The van der Waals surface area contributed by atoms with Gasteiger partial charge in [-0.15, -0.1) is 0 Å². The summed E-state index contributed by atoms with van der Waals surface area (Å²) in [5.41, 5.74) is 0. The highest BCUT2D eigenvalue weighted by Gasteiger charge is 2.07. The van der Waals surface area contributed by atoms with Gasteiger partial charge in [-0.05, 0) is 18.2 Å². The topological polar surface area (TPSA) is 47.1 Å². The first kappa shape index (κ1) is 12.8. The number of nitrogens with zero attached hydrogens (tertiary/aromatic N) is 1. The molecule has 1 N–H and O–H groups in total. The monoisotopic (exact) mass is 284 g/mol. The first-order valence-electron chi connectivity index (χ1n) is 5.10. The molecule has 1 aromatic carbocycles. The van der Waals surface area contributed by atoms with Crippen LogP contribution in [-0.2, 0) is 0 Å². The number of aromatic nitrogens is 2. The van der Waals surface area contributed by atoms with Crippen LogP contribution in [0.15, 0.2) is 37.1 Å². The number of hydrogen-bond donors (Lipinski definition) is 1. The number of hydrogen-bond acceptors (Lipinski definition) is 3. The third kappa shape index (κ3) is 3.18. The molecule has 6 heteroatoms. The summed E-state index contributed by atoms with van der Waals surface area (Å²) in [4.78, 5) is 6.84. The summed E-state index contributed by atoms with van der Waals surface area (Å²) in [6.45, 7) is 3.94. The van der Waals surface area contributed by atoms with Crippen LogP contribution in [0.5, 0.6) is 17.6 Å². The average Bonchev–Trinajstić information content (AvgIpc) is 2.78. The summed E-state index contributed by atoms with van der Waals surface area (Å²) in [7, 11) is 0. The predicted octanol–water partition coefficient (Wildman–Crippen LogP) is 4.07. The summed E-state index contributed by atoms with van der Waals surface area (Å²) >= 11 is 11.8. The molecular formula is C12H10Cl2N2O2. The molecule has 1 heterocycles. The summed E-state index contributed by atoms with van der Waals surface area (Å²) in [5.74, 6) is 0.959. The Morgan fingerprint density at radius 3 is 2.94 bits per heavy atom. The maximum atomic E-state index is 5.97. The van der Waals surface area contributed by atoms with Crippen LogP contribution in [0.3, 0.4) is 0 Å². The zero-order valence-electron chi connectivity index (χ0n) is 9.32. The van der Waals surface area contributed by atoms with Crippen molar-refractivity contribution in [3.05, 3.63) is 47.1 Å². The molecule has 2 aromatic rings. The maximum Gasteiger partial charge on any atom is 0.302 e. The quantitative estimate of drug-likeness (QED) is 0.842. The normalized spacial score (nSPS) is 10.1. The van der Waals surface area contributed by atoms with E-state index < -0.39 is 0 Å². The van der Waals surface area contributed by atoms with Gasteiger partial charge in [0.1, 0.15) is 12.4 Å². The minimum atomic E-state index is 0.290. The molecule has 0 bridgehead atoms. The summed E-state index contributed by atoms with van der Waals surface area (Å²) < 4.78 is 10.7. The van der Waals surface area contributed by atoms with Crippen LogP contribution >= 0.6 is 23.2 Å². The van der Waals surface area contributed by atoms with Gasteiger partial charge in [-0.1, -0.05) is 35.9 Å². The molecule has 18 heavy (non-hydrogen) atoms. The van der Waals surface area contributed by atoms with Crippen molar-refractivity contribution in [2.24, 2.45) is 0 Å². The fourth-order valence-electron chi connectivity index (χ4n) is 1.22. The predicted molar refractivity (Wildman–Crippen MR) is 70.8 cm³/mol. The Bertz CT molecular complexity index is 555. The first-order chi connectivity index (χ1) is 8.69. The molecule has 0 amide bonds. The third-order valence-corrected chi connectivity index (χ3v) is 2.52. The Labute approximate surface area is 114 Å². The second-order valence-corrected chi connectivity index (χ2v) is 4.17. The minimum absolute atomic E-state index is 0.290. The van der Waals surface area contributed by atoms with E-state index in [1.165, 1.54) is 6.20 Å². The number of aromatic amines is 1. The van der Waals surface area contributed by atoms with E-state index in [0.717, 1.165) is 0 Å². The first-order valence-corrected chi connectivity index (χ1v) is 5.86. The van der Waals surface area contributed by atoms with Crippen molar-refractivity contribution in [2.75, 3.05) is 6.61 Å². The smallest absolute Gasteiger partial charge is 0.302 e. The molecule has 94 valence electrons. The highest BCUT2D eigenvalue weighted by atomic mass is 35.5. The second-order valence-electron chi connectivity index (χ2n) is 3.33. The van der Waals surface area contributed by atoms with Crippen LogP contribution in [0.1, 0.15) is 0 Å². The van der Waals surface area contributed by atoms with Gasteiger partial charge in [0.2, 0.25) is 5.88 Å².